The average Bonchev–Trinajstić information content (AvgIpc) is 2.46. The molecule has 22 heavy (non-hydrogen) atoms. The number of alkyl halides is 3. The van der Waals surface area contributed by atoms with Gasteiger partial charge in [0.2, 0.25) is 5.78 Å². The maximum Gasteiger partial charge on any atom is 0.449 e. The number of rotatable bonds is 14. The fourth-order valence-corrected chi connectivity index (χ4v) is 2.31. The molecule has 0 aliphatic heterocycles. The third-order valence-corrected chi connectivity index (χ3v) is 3.73. The van der Waals surface area contributed by atoms with Gasteiger partial charge < -0.3 is 0 Å². The first-order valence-electron chi connectivity index (χ1n) is 8.73. The molecule has 4 heteroatoms. The van der Waals surface area contributed by atoms with Crippen molar-refractivity contribution in [1.29, 1.82) is 0 Å². The van der Waals surface area contributed by atoms with Crippen LogP contribution in [0.5, 0.6) is 0 Å². The summed E-state index contributed by atoms with van der Waals surface area (Å²) in [6.07, 6.45) is 12.3. The highest BCUT2D eigenvalue weighted by Crippen LogP contribution is 2.20. The van der Waals surface area contributed by atoms with Crippen LogP contribution in [0, 0.1) is 0 Å². The molecule has 130 valence electrons. The van der Waals surface area contributed by atoms with E-state index in [4.69, 9.17) is 0 Å². The number of hydrogen-bond donors (Lipinski definition) is 0. The van der Waals surface area contributed by atoms with E-state index in [0.29, 0.717) is 6.42 Å². The quantitative estimate of drug-likeness (QED) is 0.255. The fourth-order valence-electron chi connectivity index (χ4n) is 2.31. The maximum absolute atomic E-state index is 12.0. The largest absolute Gasteiger partial charge is 0.449 e. The third-order valence-electron chi connectivity index (χ3n) is 3.73. The molecule has 0 spiro atoms. The van der Waals surface area contributed by atoms with E-state index in [9.17, 15) is 18.0 Å². The summed E-state index contributed by atoms with van der Waals surface area (Å²) in [5.74, 6) is -1.58. The zero-order valence-electron chi connectivity index (χ0n) is 13.9. The molecular formula is C18H31F3O. The minimum Gasteiger partial charge on any atom is -0.290 e. The Morgan fingerprint density at radius 1 is 0.773 bits per heavy atom. The molecule has 0 rings (SSSR count). The van der Waals surface area contributed by atoms with E-state index in [1.165, 1.54) is 38.5 Å². The van der Waals surface area contributed by atoms with Crippen LogP contribution in [0.1, 0.15) is 90.4 Å². The molecule has 0 saturated heterocycles. The zero-order chi connectivity index (χ0) is 16.7. The SMILES string of the molecule is CCCCC=CCCCCCCCCCCC(=O)C(F)(F)F. The molecule has 0 aromatic heterocycles. The lowest BCUT2D eigenvalue weighted by atomic mass is 10.1. The Kier molecular flexibility index (Phi) is 13.3. The molecule has 0 atom stereocenters. The van der Waals surface area contributed by atoms with Gasteiger partial charge in [0.1, 0.15) is 0 Å². The van der Waals surface area contributed by atoms with Crippen LogP contribution in [0.25, 0.3) is 0 Å². The van der Waals surface area contributed by atoms with Crippen molar-refractivity contribution < 1.29 is 18.0 Å². The number of Topliss-reactive ketones (excluding diaryl/α,β-unsaturated/α-hetero) is 1. The molecular weight excluding hydrogens is 289 g/mol. The van der Waals surface area contributed by atoms with Crippen molar-refractivity contribution in [2.75, 3.05) is 0 Å². The Morgan fingerprint density at radius 3 is 1.73 bits per heavy atom. The molecule has 0 amide bonds. The number of carbonyl (C=O) groups excluding carboxylic acids is 1. The summed E-state index contributed by atoms with van der Waals surface area (Å²) < 4.78 is 35.9. The van der Waals surface area contributed by atoms with E-state index >= 15 is 0 Å². The van der Waals surface area contributed by atoms with Gasteiger partial charge in [0, 0.05) is 6.42 Å². The molecule has 0 fully saturated rings. The van der Waals surface area contributed by atoms with Crippen LogP contribution < -0.4 is 0 Å². The van der Waals surface area contributed by atoms with Crippen LogP contribution in [-0.4, -0.2) is 12.0 Å². The van der Waals surface area contributed by atoms with Crippen molar-refractivity contribution >= 4 is 5.78 Å². The Balaban J connectivity index is 3.21. The van der Waals surface area contributed by atoms with Crippen molar-refractivity contribution in [1.82, 2.24) is 0 Å². The highest BCUT2D eigenvalue weighted by Gasteiger charge is 2.36. The summed E-state index contributed by atoms with van der Waals surface area (Å²) in [6, 6.07) is 0. The van der Waals surface area contributed by atoms with E-state index in [2.05, 4.69) is 19.1 Å². The summed E-state index contributed by atoms with van der Waals surface area (Å²) in [4.78, 5) is 10.7. The van der Waals surface area contributed by atoms with Crippen LogP contribution in [0.15, 0.2) is 12.2 Å². The molecule has 0 bridgehead atoms. The van der Waals surface area contributed by atoms with Gasteiger partial charge in [-0.15, -0.1) is 0 Å². The average molecular weight is 320 g/mol. The van der Waals surface area contributed by atoms with Gasteiger partial charge in [-0.05, 0) is 25.7 Å². The predicted molar refractivity (Wildman–Crippen MR) is 85.9 cm³/mol. The molecule has 1 nitrogen and oxygen atoms in total. The highest BCUT2D eigenvalue weighted by molar-refractivity contribution is 5.83. The van der Waals surface area contributed by atoms with Crippen LogP contribution in [0.2, 0.25) is 0 Å². The standard InChI is InChI=1S/C18H31F3O/c1-2-3-4-5-6-7-8-9-10-11-12-13-14-15-16-17(22)18(19,20)21/h5-6H,2-4,7-16H2,1H3. The van der Waals surface area contributed by atoms with E-state index in [1.54, 1.807) is 0 Å². The molecule has 0 aromatic carbocycles. The number of ketones is 1. The van der Waals surface area contributed by atoms with Crippen molar-refractivity contribution in [2.45, 2.75) is 96.6 Å². The van der Waals surface area contributed by atoms with E-state index in [-0.39, 0.29) is 6.42 Å². The van der Waals surface area contributed by atoms with Crippen molar-refractivity contribution in [2.24, 2.45) is 0 Å². The fraction of sp³-hybridized carbons (Fsp3) is 0.833. The second-order valence-corrected chi connectivity index (χ2v) is 5.90. The highest BCUT2D eigenvalue weighted by atomic mass is 19.4. The normalized spacial score (nSPS) is 12.2. The molecule has 0 aliphatic rings. The molecule has 0 radical (unpaired) electrons. The van der Waals surface area contributed by atoms with Crippen molar-refractivity contribution in [3.05, 3.63) is 12.2 Å². The first-order valence-corrected chi connectivity index (χ1v) is 8.73. The smallest absolute Gasteiger partial charge is 0.290 e. The van der Waals surface area contributed by atoms with Gasteiger partial charge in [-0.25, -0.2) is 0 Å². The topological polar surface area (TPSA) is 17.1 Å². The Hall–Kier alpha value is -0.800. The number of halogens is 3. The van der Waals surface area contributed by atoms with E-state index in [0.717, 1.165) is 32.1 Å². The number of allylic oxidation sites excluding steroid dienone is 2. The van der Waals surface area contributed by atoms with E-state index in [1.807, 2.05) is 0 Å². The number of carbonyl (C=O) groups is 1. The van der Waals surface area contributed by atoms with Crippen LogP contribution in [0.4, 0.5) is 13.2 Å². The Morgan fingerprint density at radius 2 is 1.23 bits per heavy atom. The van der Waals surface area contributed by atoms with Crippen molar-refractivity contribution in [3.63, 3.8) is 0 Å². The number of hydrogen-bond acceptors (Lipinski definition) is 1. The van der Waals surface area contributed by atoms with Gasteiger partial charge >= 0.3 is 6.18 Å². The Labute approximate surface area is 133 Å². The summed E-state index contributed by atoms with van der Waals surface area (Å²) >= 11 is 0. The summed E-state index contributed by atoms with van der Waals surface area (Å²) in [5.41, 5.74) is 0. The van der Waals surface area contributed by atoms with Crippen LogP contribution >= 0.6 is 0 Å². The molecule has 0 unspecified atom stereocenters. The van der Waals surface area contributed by atoms with Gasteiger partial charge in [-0.2, -0.15) is 13.2 Å². The lowest BCUT2D eigenvalue weighted by molar-refractivity contribution is -0.171. The molecule has 0 saturated carbocycles. The first-order chi connectivity index (χ1) is 10.5. The van der Waals surface area contributed by atoms with E-state index < -0.39 is 12.0 Å². The van der Waals surface area contributed by atoms with Gasteiger partial charge in [0.05, 0.1) is 0 Å². The minimum atomic E-state index is -4.65. The zero-order valence-corrected chi connectivity index (χ0v) is 13.9. The third kappa shape index (κ3) is 14.2. The lowest BCUT2D eigenvalue weighted by Crippen LogP contribution is -2.22. The van der Waals surface area contributed by atoms with Gasteiger partial charge in [-0.3, -0.25) is 4.79 Å². The van der Waals surface area contributed by atoms with Crippen LogP contribution in [0.3, 0.4) is 0 Å². The van der Waals surface area contributed by atoms with Crippen molar-refractivity contribution in [3.8, 4) is 0 Å². The summed E-state index contributed by atoms with van der Waals surface area (Å²) in [5, 5.41) is 0. The van der Waals surface area contributed by atoms with Gasteiger partial charge in [-0.1, -0.05) is 70.4 Å². The molecule has 0 aromatic rings. The van der Waals surface area contributed by atoms with Gasteiger partial charge in [0.15, 0.2) is 0 Å². The lowest BCUT2D eigenvalue weighted by Gasteiger charge is -2.04. The second-order valence-electron chi connectivity index (χ2n) is 5.90. The second kappa shape index (κ2) is 13.8. The number of unbranched alkanes of at least 4 members (excludes halogenated alkanes) is 10. The Bertz CT molecular complexity index is 295. The van der Waals surface area contributed by atoms with Crippen LogP contribution in [-0.2, 0) is 4.79 Å². The minimum absolute atomic E-state index is 0.353. The first kappa shape index (κ1) is 21.2. The summed E-state index contributed by atoms with van der Waals surface area (Å²) in [7, 11) is 0. The molecule has 0 N–H and O–H groups in total. The molecule has 0 heterocycles. The predicted octanol–water partition coefficient (Wildman–Crippen LogP) is 6.77. The maximum atomic E-state index is 12.0. The monoisotopic (exact) mass is 320 g/mol. The van der Waals surface area contributed by atoms with Gasteiger partial charge in [0.25, 0.3) is 0 Å². The summed E-state index contributed by atoms with van der Waals surface area (Å²) in [6.45, 7) is 2.20. The molecule has 0 aliphatic carbocycles.